The van der Waals surface area contributed by atoms with E-state index in [1.807, 2.05) is 12.1 Å². The summed E-state index contributed by atoms with van der Waals surface area (Å²) < 4.78 is 0. The largest absolute Gasteiger partial charge is 0.0992 e. The molecule has 62 valence electrons. The first-order valence-corrected chi connectivity index (χ1v) is 4.58. The lowest BCUT2D eigenvalue weighted by Gasteiger charge is -2.29. The average Bonchev–Trinajstić information content (AvgIpc) is 2.06. The summed E-state index contributed by atoms with van der Waals surface area (Å²) in [6, 6.07) is 8.08. The highest BCUT2D eigenvalue weighted by atomic mass is 35.5. The summed E-state index contributed by atoms with van der Waals surface area (Å²) in [5, 5.41) is 0.809. The predicted octanol–water partition coefficient (Wildman–Crippen LogP) is 3.77. The quantitative estimate of drug-likeness (QED) is 0.575. The molecular formula is C11H11Cl. The molecule has 1 heteroatoms. The SMILES string of the molecule is C=C1CCC1c1ccc(Cl)cc1. The van der Waals surface area contributed by atoms with E-state index in [9.17, 15) is 0 Å². The van der Waals surface area contributed by atoms with Crippen LogP contribution in [0.4, 0.5) is 0 Å². The molecular weight excluding hydrogens is 168 g/mol. The molecule has 0 saturated heterocycles. The summed E-state index contributed by atoms with van der Waals surface area (Å²) in [4.78, 5) is 0. The fourth-order valence-electron chi connectivity index (χ4n) is 1.59. The molecule has 2 rings (SSSR count). The molecule has 0 amide bonds. The van der Waals surface area contributed by atoms with Crippen molar-refractivity contribution >= 4 is 11.6 Å². The van der Waals surface area contributed by atoms with Crippen LogP contribution in [0.5, 0.6) is 0 Å². The van der Waals surface area contributed by atoms with Crippen LogP contribution in [0.3, 0.4) is 0 Å². The lowest BCUT2D eigenvalue weighted by molar-refractivity contribution is 0.567. The Kier molecular flexibility index (Phi) is 1.93. The standard InChI is InChI=1S/C11H11Cl/c1-8-2-7-11(8)9-3-5-10(12)6-4-9/h3-6,11H,1-2,7H2. The van der Waals surface area contributed by atoms with E-state index >= 15 is 0 Å². The van der Waals surface area contributed by atoms with Gasteiger partial charge in [-0.15, -0.1) is 0 Å². The molecule has 0 N–H and O–H groups in total. The van der Waals surface area contributed by atoms with Crippen molar-refractivity contribution in [2.45, 2.75) is 18.8 Å². The van der Waals surface area contributed by atoms with Gasteiger partial charge < -0.3 is 0 Å². The summed E-state index contributed by atoms with van der Waals surface area (Å²) in [5.74, 6) is 0.599. The van der Waals surface area contributed by atoms with E-state index in [1.165, 1.54) is 24.0 Å². The number of rotatable bonds is 1. The number of hydrogen-bond acceptors (Lipinski definition) is 0. The van der Waals surface area contributed by atoms with Crippen LogP contribution in [0.1, 0.15) is 24.3 Å². The molecule has 12 heavy (non-hydrogen) atoms. The summed E-state index contributed by atoms with van der Waals surface area (Å²) in [7, 11) is 0. The maximum atomic E-state index is 5.79. The predicted molar refractivity (Wildman–Crippen MR) is 52.6 cm³/mol. The third kappa shape index (κ3) is 1.27. The Morgan fingerprint density at radius 3 is 2.33 bits per heavy atom. The minimum absolute atomic E-state index is 0.599. The van der Waals surface area contributed by atoms with Gasteiger partial charge in [-0.3, -0.25) is 0 Å². The second-order valence-corrected chi connectivity index (χ2v) is 3.74. The summed E-state index contributed by atoms with van der Waals surface area (Å²) in [6.07, 6.45) is 2.44. The molecule has 0 radical (unpaired) electrons. The van der Waals surface area contributed by atoms with Gasteiger partial charge in [0.25, 0.3) is 0 Å². The summed E-state index contributed by atoms with van der Waals surface area (Å²) in [6.45, 7) is 4.01. The molecule has 0 nitrogen and oxygen atoms in total. The molecule has 0 spiro atoms. The molecule has 1 aromatic rings. The highest BCUT2D eigenvalue weighted by molar-refractivity contribution is 6.30. The molecule has 0 aromatic heterocycles. The topological polar surface area (TPSA) is 0 Å². The molecule has 1 aromatic carbocycles. The van der Waals surface area contributed by atoms with Gasteiger partial charge in [0.15, 0.2) is 0 Å². The zero-order valence-electron chi connectivity index (χ0n) is 6.89. The van der Waals surface area contributed by atoms with Crippen LogP contribution in [0.15, 0.2) is 36.4 Å². The molecule has 0 bridgehead atoms. The second-order valence-electron chi connectivity index (χ2n) is 3.30. The van der Waals surface area contributed by atoms with Crippen molar-refractivity contribution in [2.24, 2.45) is 0 Å². The van der Waals surface area contributed by atoms with E-state index in [1.54, 1.807) is 0 Å². The molecule has 1 atom stereocenters. The maximum absolute atomic E-state index is 5.79. The fraction of sp³-hybridized carbons (Fsp3) is 0.273. The molecule has 1 saturated carbocycles. The molecule has 0 heterocycles. The Hall–Kier alpha value is -0.750. The Morgan fingerprint density at radius 2 is 1.92 bits per heavy atom. The van der Waals surface area contributed by atoms with E-state index in [0.29, 0.717) is 5.92 Å². The van der Waals surface area contributed by atoms with Crippen LogP contribution < -0.4 is 0 Å². The maximum Gasteiger partial charge on any atom is 0.0406 e. The average molecular weight is 179 g/mol. The molecule has 1 fully saturated rings. The Balaban J connectivity index is 2.23. The lowest BCUT2D eigenvalue weighted by atomic mass is 9.76. The van der Waals surface area contributed by atoms with Crippen LogP contribution in [0.2, 0.25) is 5.02 Å². The van der Waals surface area contributed by atoms with Gasteiger partial charge in [-0.1, -0.05) is 35.9 Å². The van der Waals surface area contributed by atoms with Crippen molar-refractivity contribution < 1.29 is 0 Å². The normalized spacial score (nSPS) is 22.1. The van der Waals surface area contributed by atoms with E-state index in [4.69, 9.17) is 11.6 Å². The molecule has 1 unspecified atom stereocenters. The van der Waals surface area contributed by atoms with Gasteiger partial charge in [0.05, 0.1) is 0 Å². The van der Waals surface area contributed by atoms with Gasteiger partial charge in [-0.2, -0.15) is 0 Å². The van der Waals surface area contributed by atoms with Crippen molar-refractivity contribution in [3.63, 3.8) is 0 Å². The van der Waals surface area contributed by atoms with Crippen LogP contribution >= 0.6 is 11.6 Å². The summed E-state index contributed by atoms with van der Waals surface area (Å²) in [5.41, 5.74) is 2.72. The van der Waals surface area contributed by atoms with Gasteiger partial charge in [0.1, 0.15) is 0 Å². The minimum Gasteiger partial charge on any atom is -0.0992 e. The van der Waals surface area contributed by atoms with E-state index < -0.39 is 0 Å². The molecule has 1 aliphatic carbocycles. The lowest BCUT2D eigenvalue weighted by Crippen LogP contribution is -2.11. The van der Waals surface area contributed by atoms with Crippen molar-refractivity contribution in [3.8, 4) is 0 Å². The van der Waals surface area contributed by atoms with Gasteiger partial charge in [0.2, 0.25) is 0 Å². The van der Waals surface area contributed by atoms with Gasteiger partial charge in [0, 0.05) is 10.9 Å². The van der Waals surface area contributed by atoms with Crippen molar-refractivity contribution in [1.29, 1.82) is 0 Å². The first kappa shape index (κ1) is 7.88. The Bertz CT molecular complexity index is 297. The highest BCUT2D eigenvalue weighted by Crippen LogP contribution is 2.40. The van der Waals surface area contributed by atoms with Crippen LogP contribution in [-0.4, -0.2) is 0 Å². The summed E-state index contributed by atoms with van der Waals surface area (Å²) >= 11 is 5.79. The van der Waals surface area contributed by atoms with E-state index in [-0.39, 0.29) is 0 Å². The zero-order valence-corrected chi connectivity index (χ0v) is 7.64. The van der Waals surface area contributed by atoms with Crippen molar-refractivity contribution in [1.82, 2.24) is 0 Å². The third-order valence-electron chi connectivity index (χ3n) is 2.52. The smallest absolute Gasteiger partial charge is 0.0406 e. The fourth-order valence-corrected chi connectivity index (χ4v) is 1.72. The van der Waals surface area contributed by atoms with E-state index in [0.717, 1.165) is 5.02 Å². The first-order chi connectivity index (χ1) is 5.77. The number of allylic oxidation sites excluding steroid dienone is 1. The van der Waals surface area contributed by atoms with Crippen molar-refractivity contribution in [3.05, 3.63) is 47.0 Å². The van der Waals surface area contributed by atoms with Crippen LogP contribution in [0, 0.1) is 0 Å². The minimum atomic E-state index is 0.599. The Labute approximate surface area is 77.9 Å². The van der Waals surface area contributed by atoms with Crippen molar-refractivity contribution in [2.75, 3.05) is 0 Å². The first-order valence-electron chi connectivity index (χ1n) is 4.20. The number of halogens is 1. The van der Waals surface area contributed by atoms with Gasteiger partial charge in [-0.05, 0) is 30.5 Å². The van der Waals surface area contributed by atoms with Gasteiger partial charge >= 0.3 is 0 Å². The van der Waals surface area contributed by atoms with Gasteiger partial charge in [-0.25, -0.2) is 0 Å². The number of hydrogen-bond donors (Lipinski definition) is 0. The molecule has 0 aliphatic heterocycles. The van der Waals surface area contributed by atoms with Crippen LogP contribution in [0.25, 0.3) is 0 Å². The Morgan fingerprint density at radius 1 is 1.25 bits per heavy atom. The zero-order chi connectivity index (χ0) is 8.55. The highest BCUT2D eigenvalue weighted by Gasteiger charge is 2.23. The molecule has 1 aliphatic rings. The van der Waals surface area contributed by atoms with E-state index in [2.05, 4.69) is 18.7 Å². The number of benzene rings is 1. The monoisotopic (exact) mass is 178 g/mol. The third-order valence-corrected chi connectivity index (χ3v) is 2.77. The van der Waals surface area contributed by atoms with Crippen LogP contribution in [-0.2, 0) is 0 Å². The second kappa shape index (κ2) is 2.95.